The van der Waals surface area contributed by atoms with Crippen molar-refractivity contribution in [1.29, 1.82) is 0 Å². The van der Waals surface area contributed by atoms with Crippen LogP contribution in [0.15, 0.2) is 54.7 Å². The summed E-state index contributed by atoms with van der Waals surface area (Å²) in [6, 6.07) is 15.8. The van der Waals surface area contributed by atoms with Crippen molar-refractivity contribution in [3.05, 3.63) is 66.0 Å². The molecule has 0 radical (unpaired) electrons. The molecule has 6 heteroatoms. The molecule has 2 fully saturated rings. The van der Waals surface area contributed by atoms with E-state index in [-0.39, 0.29) is 11.9 Å². The zero-order valence-corrected chi connectivity index (χ0v) is 16.7. The quantitative estimate of drug-likeness (QED) is 0.851. The summed E-state index contributed by atoms with van der Waals surface area (Å²) in [5.41, 5.74) is 1.39. The van der Waals surface area contributed by atoms with E-state index in [1.165, 1.54) is 5.56 Å². The van der Waals surface area contributed by atoms with Gasteiger partial charge in [-0.05, 0) is 49.8 Å². The number of pyridine rings is 1. The van der Waals surface area contributed by atoms with Crippen molar-refractivity contribution < 1.29 is 9.59 Å². The molecular weight excluding hydrogens is 364 g/mol. The SMILES string of the molecule is O=C(NCCc1ccccc1)N1CCCC12CCCN(Cc1ccccn1)C2=O. The van der Waals surface area contributed by atoms with Crippen LogP contribution in [0.1, 0.15) is 36.9 Å². The highest BCUT2D eigenvalue weighted by molar-refractivity contribution is 5.92. The maximum absolute atomic E-state index is 13.4. The van der Waals surface area contributed by atoms with Crippen LogP contribution in [0.3, 0.4) is 0 Å². The van der Waals surface area contributed by atoms with Gasteiger partial charge in [-0.25, -0.2) is 4.79 Å². The zero-order valence-electron chi connectivity index (χ0n) is 16.7. The number of hydrogen-bond acceptors (Lipinski definition) is 3. The lowest BCUT2D eigenvalue weighted by molar-refractivity contribution is -0.146. The molecule has 0 saturated carbocycles. The fraction of sp³-hybridized carbons (Fsp3) is 0.435. The lowest BCUT2D eigenvalue weighted by atomic mass is 9.85. The standard InChI is InChI=1S/C23H28N4O2/c28-21-23(12-6-16-26(21)18-20-10-4-5-14-24-20)13-7-17-27(23)22(29)25-15-11-19-8-2-1-3-9-19/h1-5,8-10,14H,6-7,11-13,15-18H2,(H,25,29). The number of nitrogens with one attached hydrogen (secondary N) is 1. The third-order valence-electron chi connectivity index (χ3n) is 6.05. The summed E-state index contributed by atoms with van der Waals surface area (Å²) in [7, 11) is 0. The van der Waals surface area contributed by atoms with Crippen molar-refractivity contribution in [2.75, 3.05) is 19.6 Å². The Morgan fingerprint density at radius 2 is 1.79 bits per heavy atom. The first-order valence-corrected chi connectivity index (χ1v) is 10.5. The second kappa shape index (κ2) is 8.64. The first kappa shape index (κ1) is 19.4. The molecule has 4 rings (SSSR count). The highest BCUT2D eigenvalue weighted by Crippen LogP contribution is 2.38. The molecule has 1 aromatic heterocycles. The van der Waals surface area contributed by atoms with Gasteiger partial charge in [-0.3, -0.25) is 9.78 Å². The first-order chi connectivity index (χ1) is 14.2. The van der Waals surface area contributed by atoms with Gasteiger partial charge in [-0.1, -0.05) is 36.4 Å². The Morgan fingerprint density at radius 3 is 2.55 bits per heavy atom. The van der Waals surface area contributed by atoms with Crippen LogP contribution < -0.4 is 5.32 Å². The van der Waals surface area contributed by atoms with Gasteiger partial charge in [-0.2, -0.15) is 0 Å². The molecule has 3 heterocycles. The number of piperidine rings is 1. The average Bonchev–Trinajstić information content (AvgIpc) is 3.17. The predicted octanol–water partition coefficient (Wildman–Crippen LogP) is 2.99. The number of nitrogens with zero attached hydrogens (tertiary/aromatic N) is 3. The van der Waals surface area contributed by atoms with E-state index >= 15 is 0 Å². The summed E-state index contributed by atoms with van der Waals surface area (Å²) in [4.78, 5) is 34.4. The third kappa shape index (κ3) is 4.11. The molecule has 2 aromatic rings. The molecule has 1 aromatic carbocycles. The molecule has 152 valence electrons. The molecule has 29 heavy (non-hydrogen) atoms. The van der Waals surface area contributed by atoms with E-state index in [4.69, 9.17) is 0 Å². The fourth-order valence-corrected chi connectivity index (χ4v) is 4.61. The fourth-order valence-electron chi connectivity index (χ4n) is 4.61. The topological polar surface area (TPSA) is 65.5 Å². The molecule has 2 aliphatic rings. The van der Waals surface area contributed by atoms with Crippen molar-refractivity contribution in [3.63, 3.8) is 0 Å². The van der Waals surface area contributed by atoms with Gasteiger partial charge >= 0.3 is 6.03 Å². The summed E-state index contributed by atoms with van der Waals surface area (Å²) in [5, 5.41) is 3.03. The molecule has 6 nitrogen and oxygen atoms in total. The van der Waals surface area contributed by atoms with Gasteiger partial charge in [0.2, 0.25) is 5.91 Å². The minimum Gasteiger partial charge on any atom is -0.338 e. The van der Waals surface area contributed by atoms with Gasteiger partial charge in [0.1, 0.15) is 5.54 Å². The summed E-state index contributed by atoms with van der Waals surface area (Å²) in [6.45, 7) is 2.44. The molecule has 2 aliphatic heterocycles. The molecule has 0 aliphatic carbocycles. The Kier molecular flexibility index (Phi) is 5.79. The van der Waals surface area contributed by atoms with Crippen molar-refractivity contribution in [3.8, 4) is 0 Å². The highest BCUT2D eigenvalue weighted by atomic mass is 16.2. The second-order valence-electron chi connectivity index (χ2n) is 7.91. The van der Waals surface area contributed by atoms with Crippen molar-refractivity contribution in [2.45, 2.75) is 44.2 Å². The molecule has 1 atom stereocenters. The number of benzene rings is 1. The number of likely N-dealkylation sites (tertiary alicyclic amines) is 2. The van der Waals surface area contributed by atoms with Gasteiger partial charge in [0.05, 0.1) is 12.2 Å². The maximum Gasteiger partial charge on any atom is 0.318 e. The molecule has 1 spiro atoms. The van der Waals surface area contributed by atoms with E-state index in [0.717, 1.165) is 44.3 Å². The highest BCUT2D eigenvalue weighted by Gasteiger charge is 2.52. The molecular formula is C23H28N4O2. The maximum atomic E-state index is 13.4. The molecule has 1 unspecified atom stereocenters. The predicted molar refractivity (Wildman–Crippen MR) is 111 cm³/mol. The van der Waals surface area contributed by atoms with Crippen LogP contribution in [0.2, 0.25) is 0 Å². The Labute approximate surface area is 171 Å². The Bertz CT molecular complexity index is 842. The van der Waals surface area contributed by atoms with E-state index < -0.39 is 5.54 Å². The van der Waals surface area contributed by atoms with Crippen LogP contribution in [0, 0.1) is 0 Å². The molecule has 2 saturated heterocycles. The number of hydrogen-bond donors (Lipinski definition) is 1. The Hall–Kier alpha value is -2.89. The van der Waals surface area contributed by atoms with Crippen LogP contribution in [0.5, 0.6) is 0 Å². The average molecular weight is 393 g/mol. The summed E-state index contributed by atoms with van der Waals surface area (Å²) in [6.07, 6.45) is 5.81. The van der Waals surface area contributed by atoms with Crippen LogP contribution in [-0.2, 0) is 17.8 Å². The molecule has 3 amide bonds. The Morgan fingerprint density at radius 1 is 1.03 bits per heavy atom. The lowest BCUT2D eigenvalue weighted by Crippen LogP contribution is -2.62. The minimum absolute atomic E-state index is 0.0742. The summed E-state index contributed by atoms with van der Waals surface area (Å²) in [5.74, 6) is 0.0742. The number of carbonyl (C=O) groups is 2. The van der Waals surface area contributed by atoms with Gasteiger partial charge in [0, 0.05) is 25.8 Å². The van der Waals surface area contributed by atoms with E-state index in [2.05, 4.69) is 22.4 Å². The van der Waals surface area contributed by atoms with Gasteiger partial charge < -0.3 is 15.1 Å². The molecule has 0 bridgehead atoms. The number of urea groups is 1. The minimum atomic E-state index is -0.691. The van der Waals surface area contributed by atoms with E-state index in [9.17, 15) is 9.59 Å². The van der Waals surface area contributed by atoms with Gasteiger partial charge in [0.25, 0.3) is 0 Å². The Balaban J connectivity index is 1.41. The number of rotatable bonds is 5. The normalized spacial score (nSPS) is 21.6. The van der Waals surface area contributed by atoms with Crippen LogP contribution in [-0.4, -0.2) is 51.9 Å². The summed E-state index contributed by atoms with van der Waals surface area (Å²) < 4.78 is 0. The lowest BCUT2D eigenvalue weighted by Gasteiger charge is -2.44. The first-order valence-electron chi connectivity index (χ1n) is 10.5. The zero-order chi connectivity index (χ0) is 20.1. The number of carbonyl (C=O) groups excluding carboxylic acids is 2. The second-order valence-corrected chi connectivity index (χ2v) is 7.91. The largest absolute Gasteiger partial charge is 0.338 e. The van der Waals surface area contributed by atoms with Crippen molar-refractivity contribution in [2.24, 2.45) is 0 Å². The number of aromatic nitrogens is 1. The third-order valence-corrected chi connectivity index (χ3v) is 6.05. The van der Waals surface area contributed by atoms with Crippen LogP contribution in [0.4, 0.5) is 4.79 Å². The van der Waals surface area contributed by atoms with E-state index in [0.29, 0.717) is 19.6 Å². The van der Waals surface area contributed by atoms with E-state index in [1.807, 2.05) is 41.3 Å². The van der Waals surface area contributed by atoms with Crippen LogP contribution >= 0.6 is 0 Å². The van der Waals surface area contributed by atoms with Gasteiger partial charge in [0.15, 0.2) is 0 Å². The van der Waals surface area contributed by atoms with Crippen LogP contribution in [0.25, 0.3) is 0 Å². The van der Waals surface area contributed by atoms with Crippen molar-refractivity contribution in [1.82, 2.24) is 20.1 Å². The summed E-state index contributed by atoms with van der Waals surface area (Å²) >= 11 is 0. The van der Waals surface area contributed by atoms with Crippen molar-refractivity contribution >= 4 is 11.9 Å². The molecule has 1 N–H and O–H groups in total. The van der Waals surface area contributed by atoms with Gasteiger partial charge in [-0.15, -0.1) is 0 Å². The smallest absolute Gasteiger partial charge is 0.318 e. The monoisotopic (exact) mass is 392 g/mol. The van der Waals surface area contributed by atoms with E-state index in [1.54, 1.807) is 11.1 Å². The number of amides is 3.